The van der Waals surface area contributed by atoms with Crippen molar-refractivity contribution in [3.8, 4) is 5.75 Å². The van der Waals surface area contributed by atoms with E-state index >= 15 is 0 Å². The number of benzene rings is 1. The third-order valence-corrected chi connectivity index (χ3v) is 9.04. The van der Waals surface area contributed by atoms with Gasteiger partial charge in [-0.15, -0.1) is 11.8 Å². The van der Waals surface area contributed by atoms with E-state index < -0.39 is 46.9 Å². The van der Waals surface area contributed by atoms with E-state index in [1.165, 1.54) is 26.0 Å². The van der Waals surface area contributed by atoms with E-state index in [4.69, 9.17) is 30.5 Å². The molecule has 1 aromatic carbocycles. The van der Waals surface area contributed by atoms with Crippen LogP contribution in [0.1, 0.15) is 32.3 Å². The monoisotopic (exact) mass is 655 g/mol. The predicted octanol–water partition coefficient (Wildman–Crippen LogP) is 2.88. The molecule has 2 aliphatic heterocycles. The molecule has 0 saturated carbocycles. The van der Waals surface area contributed by atoms with E-state index in [2.05, 4.69) is 5.32 Å². The topological polar surface area (TPSA) is 147 Å². The number of aliphatic hydroxyl groups is 2. The van der Waals surface area contributed by atoms with Crippen molar-refractivity contribution in [2.45, 2.75) is 62.1 Å². The second kappa shape index (κ2) is 15.0. The fraction of sp³-hybridized carbons (Fsp3) is 0.567. The zero-order chi connectivity index (χ0) is 32.8. The standard InChI is InChI=1S/C30H42ClN3O9S/c1-18-9-8-10-23(41-7)30(39)15-20(42-28(37)32-30)17-44-29(2,38)24(43-26(36)16-33(3)4)14-25(35)34(5)21-12-19(11-18)13-22(40-6)27(21)31/h8-10,12-13,20,23-24,38-39H,11,14-17H2,1-7H3,(H,32,37)/b10-8+,18-9+/t20?,23-,24+,29-,30+/m1/s1. The Morgan fingerprint density at radius 2 is 1.98 bits per heavy atom. The molecule has 0 spiro atoms. The summed E-state index contributed by atoms with van der Waals surface area (Å²) < 4.78 is 22.1. The maximum absolute atomic E-state index is 13.7. The molecule has 244 valence electrons. The van der Waals surface area contributed by atoms with Crippen LogP contribution in [0.15, 0.2) is 35.9 Å². The number of likely N-dealkylation sites (N-methyl/N-ethyl adjacent to an activating group) is 1. The van der Waals surface area contributed by atoms with Crippen LogP contribution in [0.5, 0.6) is 5.75 Å². The van der Waals surface area contributed by atoms with Crippen LogP contribution in [-0.4, -0.2) is 110 Å². The quantitative estimate of drug-likeness (QED) is 0.402. The lowest BCUT2D eigenvalue weighted by Crippen LogP contribution is -2.63. The molecule has 14 heteroatoms. The molecule has 3 rings (SSSR count). The summed E-state index contributed by atoms with van der Waals surface area (Å²) in [6.07, 6.45) is 1.29. The lowest BCUT2D eigenvalue weighted by atomic mass is 9.97. The Hall–Kier alpha value is -2.81. The van der Waals surface area contributed by atoms with Crippen LogP contribution >= 0.6 is 23.4 Å². The molecule has 1 fully saturated rings. The number of fused-ring (bicyclic) bond motifs is 4. The molecule has 4 bridgehead atoms. The molecular weight excluding hydrogens is 614 g/mol. The van der Waals surface area contributed by atoms with Gasteiger partial charge in [-0.2, -0.15) is 0 Å². The summed E-state index contributed by atoms with van der Waals surface area (Å²) in [5.41, 5.74) is 0.307. The van der Waals surface area contributed by atoms with Gasteiger partial charge in [0.25, 0.3) is 0 Å². The van der Waals surface area contributed by atoms with Crippen molar-refractivity contribution in [1.29, 1.82) is 0 Å². The number of amides is 2. The first kappa shape index (κ1) is 35.7. The van der Waals surface area contributed by atoms with E-state index in [0.717, 1.165) is 22.9 Å². The van der Waals surface area contributed by atoms with Crippen LogP contribution in [0, 0.1) is 0 Å². The van der Waals surface area contributed by atoms with Gasteiger partial charge in [0.2, 0.25) is 5.91 Å². The number of methoxy groups -OCH3 is 2. The van der Waals surface area contributed by atoms with Crippen molar-refractivity contribution in [3.05, 3.63) is 46.5 Å². The van der Waals surface area contributed by atoms with Crippen molar-refractivity contribution in [2.75, 3.05) is 52.6 Å². The number of anilines is 1. The van der Waals surface area contributed by atoms with E-state index in [9.17, 15) is 24.6 Å². The van der Waals surface area contributed by atoms with Gasteiger partial charge in [-0.25, -0.2) is 4.79 Å². The zero-order valence-corrected chi connectivity index (χ0v) is 27.7. The van der Waals surface area contributed by atoms with Gasteiger partial charge in [0.15, 0.2) is 5.72 Å². The zero-order valence-electron chi connectivity index (χ0n) is 26.1. The highest BCUT2D eigenvalue weighted by atomic mass is 35.5. The Kier molecular flexibility index (Phi) is 12.1. The van der Waals surface area contributed by atoms with Gasteiger partial charge >= 0.3 is 12.1 Å². The molecule has 5 atom stereocenters. The average molecular weight is 656 g/mol. The number of hydrogen-bond donors (Lipinski definition) is 3. The molecule has 1 saturated heterocycles. The molecule has 1 unspecified atom stereocenters. The van der Waals surface area contributed by atoms with Crippen LogP contribution in [-0.2, 0) is 30.2 Å². The third-order valence-electron chi connectivity index (χ3n) is 7.28. The number of ether oxygens (including phenoxy) is 4. The number of rotatable bonds is 5. The molecule has 44 heavy (non-hydrogen) atoms. The van der Waals surface area contributed by atoms with E-state index in [-0.39, 0.29) is 30.2 Å². The number of carbonyl (C=O) groups is 3. The maximum atomic E-state index is 13.7. The molecule has 2 amide bonds. The average Bonchev–Trinajstić information content (AvgIpc) is 2.92. The first-order valence-corrected chi connectivity index (χ1v) is 15.4. The minimum atomic E-state index is -1.81. The van der Waals surface area contributed by atoms with Crippen molar-refractivity contribution in [1.82, 2.24) is 10.2 Å². The number of nitrogens with one attached hydrogen (secondary N) is 1. The Bertz CT molecular complexity index is 1290. The Morgan fingerprint density at radius 3 is 2.61 bits per heavy atom. The van der Waals surface area contributed by atoms with Gasteiger partial charge in [-0.1, -0.05) is 35.4 Å². The molecule has 12 nitrogen and oxygen atoms in total. The summed E-state index contributed by atoms with van der Waals surface area (Å²) in [4.78, 5) is 40.0. The Morgan fingerprint density at radius 1 is 1.27 bits per heavy atom. The number of esters is 1. The van der Waals surface area contributed by atoms with E-state index in [1.807, 2.05) is 13.0 Å². The normalized spacial score (nSPS) is 30.6. The first-order chi connectivity index (χ1) is 20.6. The number of alkyl carbamates (subject to hydrolysis) is 1. The summed E-state index contributed by atoms with van der Waals surface area (Å²) in [6, 6.07) is 3.55. The van der Waals surface area contributed by atoms with Crippen LogP contribution in [0.2, 0.25) is 5.02 Å². The number of hydrogen-bond acceptors (Lipinski definition) is 11. The molecule has 2 aliphatic rings. The number of carbonyl (C=O) groups excluding carboxylic acids is 3. The smallest absolute Gasteiger partial charge is 0.409 e. The largest absolute Gasteiger partial charge is 0.495 e. The molecule has 0 radical (unpaired) electrons. The highest BCUT2D eigenvalue weighted by Crippen LogP contribution is 2.38. The minimum Gasteiger partial charge on any atom is -0.495 e. The van der Waals surface area contributed by atoms with Crippen molar-refractivity contribution in [2.24, 2.45) is 0 Å². The maximum Gasteiger partial charge on any atom is 0.409 e. The van der Waals surface area contributed by atoms with Gasteiger partial charge < -0.3 is 34.1 Å². The van der Waals surface area contributed by atoms with Gasteiger partial charge in [0.1, 0.15) is 34.0 Å². The summed E-state index contributed by atoms with van der Waals surface area (Å²) in [5, 5.41) is 25.7. The van der Waals surface area contributed by atoms with Gasteiger partial charge in [-0.3, -0.25) is 19.8 Å². The fourth-order valence-corrected chi connectivity index (χ4v) is 6.26. The highest BCUT2D eigenvalue weighted by Gasteiger charge is 2.46. The first-order valence-electron chi connectivity index (χ1n) is 14.0. The van der Waals surface area contributed by atoms with E-state index in [1.54, 1.807) is 50.3 Å². The van der Waals surface area contributed by atoms with Gasteiger partial charge in [-0.05, 0) is 52.1 Å². The third kappa shape index (κ3) is 9.11. The second-order valence-corrected chi connectivity index (χ2v) is 13.2. The van der Waals surface area contributed by atoms with Crippen LogP contribution < -0.4 is 15.0 Å². The lowest BCUT2D eigenvalue weighted by molar-refractivity contribution is -0.158. The lowest BCUT2D eigenvalue weighted by Gasteiger charge is -2.41. The molecule has 2 heterocycles. The SMILES string of the molecule is COc1cc2cc(c1Cl)N(C)C(=O)C[C@H](OC(=O)CN(C)C)[C@](C)(O)SCC1C[C@@](O)(NC(=O)O1)[C@H](OC)/C=C/C=C(\C)C2. The Labute approximate surface area is 267 Å². The van der Waals surface area contributed by atoms with Crippen molar-refractivity contribution in [3.63, 3.8) is 0 Å². The molecule has 0 aliphatic carbocycles. The number of allylic oxidation sites excluding steroid dienone is 3. The predicted molar refractivity (Wildman–Crippen MR) is 168 cm³/mol. The summed E-state index contributed by atoms with van der Waals surface area (Å²) >= 11 is 7.57. The molecule has 1 aromatic rings. The van der Waals surface area contributed by atoms with Crippen molar-refractivity contribution >= 4 is 47.0 Å². The molecular formula is C30H42ClN3O9S. The molecule has 3 N–H and O–H groups in total. The van der Waals surface area contributed by atoms with Crippen LogP contribution in [0.25, 0.3) is 0 Å². The minimum absolute atomic E-state index is 0.0126. The molecule has 0 aromatic heterocycles. The fourth-order valence-electron chi connectivity index (χ4n) is 4.92. The summed E-state index contributed by atoms with van der Waals surface area (Å²) in [6.45, 7) is 3.25. The summed E-state index contributed by atoms with van der Waals surface area (Å²) in [5.74, 6) is -0.739. The highest BCUT2D eigenvalue weighted by molar-refractivity contribution is 8.00. The van der Waals surface area contributed by atoms with Crippen molar-refractivity contribution < 1.29 is 43.5 Å². The summed E-state index contributed by atoms with van der Waals surface area (Å²) in [7, 11) is 7.81. The Balaban J connectivity index is 2.09. The van der Waals surface area contributed by atoms with Crippen LogP contribution in [0.4, 0.5) is 10.5 Å². The number of halogens is 1. The van der Waals surface area contributed by atoms with Gasteiger partial charge in [0.05, 0.1) is 25.8 Å². The van der Waals surface area contributed by atoms with E-state index in [0.29, 0.717) is 17.9 Å². The van der Waals surface area contributed by atoms with Gasteiger partial charge in [0, 0.05) is 26.3 Å². The van der Waals surface area contributed by atoms with Crippen LogP contribution in [0.3, 0.4) is 0 Å². The number of nitrogens with zero attached hydrogens (tertiary/aromatic N) is 2. The number of thioether (sulfide) groups is 1. The second-order valence-electron chi connectivity index (χ2n) is 11.4.